The summed E-state index contributed by atoms with van der Waals surface area (Å²) < 4.78 is 10.4. The fourth-order valence-corrected chi connectivity index (χ4v) is 1.81. The van der Waals surface area contributed by atoms with Crippen molar-refractivity contribution < 1.29 is 19.4 Å². The highest BCUT2D eigenvalue weighted by atomic mass is 16.5. The molecule has 0 heterocycles. The van der Waals surface area contributed by atoms with Gasteiger partial charge in [0.05, 0.1) is 25.5 Å². The van der Waals surface area contributed by atoms with E-state index in [1.807, 2.05) is 0 Å². The zero-order chi connectivity index (χ0) is 14.5. The van der Waals surface area contributed by atoms with Crippen molar-refractivity contribution in [2.45, 2.75) is 0 Å². The molecule has 0 spiro atoms. The first-order valence-corrected chi connectivity index (χ1v) is 5.96. The molecule has 0 aliphatic rings. The van der Waals surface area contributed by atoms with Crippen LogP contribution in [0, 0.1) is 0 Å². The molecule has 5 heteroatoms. The second-order valence-corrected chi connectivity index (χ2v) is 4.08. The van der Waals surface area contributed by atoms with Crippen molar-refractivity contribution in [3.63, 3.8) is 0 Å². The molecule has 0 fully saturated rings. The van der Waals surface area contributed by atoms with E-state index in [4.69, 9.17) is 14.6 Å². The average molecular weight is 273 g/mol. The molecule has 2 aromatic carbocycles. The first kappa shape index (κ1) is 13.7. The van der Waals surface area contributed by atoms with Crippen LogP contribution >= 0.6 is 0 Å². The summed E-state index contributed by atoms with van der Waals surface area (Å²) in [6.07, 6.45) is 0. The number of rotatable bonds is 5. The second-order valence-electron chi connectivity index (χ2n) is 4.08. The second kappa shape index (κ2) is 5.97. The summed E-state index contributed by atoms with van der Waals surface area (Å²) in [5.41, 5.74) is 1.40. The third-order valence-electron chi connectivity index (χ3n) is 2.79. The molecule has 0 atom stereocenters. The summed E-state index contributed by atoms with van der Waals surface area (Å²) in [4.78, 5) is 11.2. The molecule has 0 saturated heterocycles. The van der Waals surface area contributed by atoms with Crippen molar-refractivity contribution in [3.8, 4) is 11.5 Å². The van der Waals surface area contributed by atoms with Crippen LogP contribution in [0.4, 0.5) is 11.4 Å². The molecule has 0 saturated carbocycles. The molecule has 0 radical (unpaired) electrons. The van der Waals surface area contributed by atoms with E-state index in [-0.39, 0.29) is 5.56 Å². The fourth-order valence-electron chi connectivity index (χ4n) is 1.81. The summed E-state index contributed by atoms with van der Waals surface area (Å²) >= 11 is 0. The van der Waals surface area contributed by atoms with Gasteiger partial charge < -0.3 is 19.9 Å². The van der Waals surface area contributed by atoms with E-state index in [0.717, 1.165) is 0 Å². The summed E-state index contributed by atoms with van der Waals surface area (Å²) in [6, 6.07) is 12.0. The summed E-state index contributed by atoms with van der Waals surface area (Å²) in [7, 11) is 3.12. The fraction of sp³-hybridized carbons (Fsp3) is 0.133. The smallest absolute Gasteiger partial charge is 0.337 e. The van der Waals surface area contributed by atoms with E-state index in [9.17, 15) is 4.79 Å². The van der Waals surface area contributed by atoms with Crippen molar-refractivity contribution in [2.75, 3.05) is 19.5 Å². The van der Waals surface area contributed by atoms with Crippen LogP contribution < -0.4 is 14.8 Å². The zero-order valence-corrected chi connectivity index (χ0v) is 11.2. The molecule has 2 rings (SSSR count). The van der Waals surface area contributed by atoms with Crippen LogP contribution in [0.1, 0.15) is 10.4 Å². The summed E-state index contributed by atoms with van der Waals surface area (Å²) in [5.74, 6) is 0.266. The lowest BCUT2D eigenvalue weighted by Crippen LogP contribution is -2.02. The lowest BCUT2D eigenvalue weighted by atomic mass is 10.1. The topological polar surface area (TPSA) is 67.8 Å². The first-order chi connectivity index (χ1) is 9.63. The largest absolute Gasteiger partial charge is 0.497 e. The van der Waals surface area contributed by atoms with E-state index in [1.165, 1.54) is 0 Å². The minimum Gasteiger partial charge on any atom is -0.497 e. The highest BCUT2D eigenvalue weighted by Crippen LogP contribution is 2.29. The predicted molar refractivity (Wildman–Crippen MR) is 76.2 cm³/mol. The number of benzene rings is 2. The minimum atomic E-state index is -0.983. The molecule has 0 amide bonds. The van der Waals surface area contributed by atoms with Gasteiger partial charge >= 0.3 is 5.97 Å². The SMILES string of the molecule is COc1cc(Nc2ccccc2C(=O)O)cc(OC)c1. The first-order valence-electron chi connectivity index (χ1n) is 5.96. The predicted octanol–water partition coefficient (Wildman–Crippen LogP) is 3.15. The number of carboxylic acid groups (broad SMARTS) is 1. The van der Waals surface area contributed by atoms with Crippen LogP contribution in [0.25, 0.3) is 0 Å². The number of anilines is 2. The van der Waals surface area contributed by atoms with Crippen LogP contribution in [0.5, 0.6) is 11.5 Å². The Morgan fingerprint density at radius 1 is 1.05 bits per heavy atom. The lowest BCUT2D eigenvalue weighted by Gasteiger charge is -2.12. The van der Waals surface area contributed by atoms with Crippen LogP contribution in [-0.4, -0.2) is 25.3 Å². The number of carboxylic acids is 1. The minimum absolute atomic E-state index is 0.203. The molecule has 0 unspecified atom stereocenters. The summed E-state index contributed by atoms with van der Waals surface area (Å²) in [5, 5.41) is 12.2. The number of hydrogen-bond donors (Lipinski definition) is 2. The van der Waals surface area contributed by atoms with E-state index >= 15 is 0 Å². The molecule has 2 N–H and O–H groups in total. The average Bonchev–Trinajstić information content (AvgIpc) is 2.47. The normalized spacial score (nSPS) is 9.90. The Morgan fingerprint density at radius 3 is 2.20 bits per heavy atom. The lowest BCUT2D eigenvalue weighted by molar-refractivity contribution is 0.0698. The number of ether oxygens (including phenoxy) is 2. The molecule has 104 valence electrons. The van der Waals surface area contributed by atoms with Crippen LogP contribution in [0.3, 0.4) is 0 Å². The third-order valence-corrected chi connectivity index (χ3v) is 2.79. The van der Waals surface area contributed by atoms with Crippen LogP contribution in [0.15, 0.2) is 42.5 Å². The molecule has 0 aromatic heterocycles. The molecule has 0 aliphatic heterocycles. The standard InChI is InChI=1S/C15H15NO4/c1-19-11-7-10(8-12(9-11)20-2)16-14-6-4-3-5-13(14)15(17)18/h3-9,16H,1-2H3,(H,17,18). The number of aromatic carboxylic acids is 1. The monoisotopic (exact) mass is 273 g/mol. The Hall–Kier alpha value is -2.69. The van der Waals surface area contributed by atoms with E-state index in [1.54, 1.807) is 56.7 Å². The van der Waals surface area contributed by atoms with Gasteiger partial charge in [-0.25, -0.2) is 4.79 Å². The maximum absolute atomic E-state index is 11.2. The maximum atomic E-state index is 11.2. The van der Waals surface area contributed by atoms with Gasteiger partial charge in [0, 0.05) is 23.9 Å². The van der Waals surface area contributed by atoms with Crippen LogP contribution in [-0.2, 0) is 0 Å². The van der Waals surface area contributed by atoms with E-state index in [0.29, 0.717) is 22.9 Å². The highest BCUT2D eigenvalue weighted by molar-refractivity contribution is 5.95. The number of para-hydroxylation sites is 1. The van der Waals surface area contributed by atoms with Gasteiger partial charge in [-0.15, -0.1) is 0 Å². The Kier molecular flexibility index (Phi) is 4.10. The quantitative estimate of drug-likeness (QED) is 0.876. The van der Waals surface area contributed by atoms with Gasteiger partial charge in [0.2, 0.25) is 0 Å². The van der Waals surface area contributed by atoms with Crippen LogP contribution in [0.2, 0.25) is 0 Å². The molecule has 2 aromatic rings. The van der Waals surface area contributed by atoms with Crippen molar-refractivity contribution in [3.05, 3.63) is 48.0 Å². The maximum Gasteiger partial charge on any atom is 0.337 e. The van der Waals surface area contributed by atoms with Gasteiger partial charge in [-0.2, -0.15) is 0 Å². The Balaban J connectivity index is 2.37. The van der Waals surface area contributed by atoms with Gasteiger partial charge in [0.1, 0.15) is 11.5 Å². The van der Waals surface area contributed by atoms with Crippen molar-refractivity contribution >= 4 is 17.3 Å². The number of methoxy groups -OCH3 is 2. The van der Waals surface area contributed by atoms with Gasteiger partial charge in [-0.3, -0.25) is 0 Å². The third kappa shape index (κ3) is 3.00. The Bertz CT molecular complexity index is 603. The van der Waals surface area contributed by atoms with Gasteiger partial charge in [0.25, 0.3) is 0 Å². The van der Waals surface area contributed by atoms with Crippen molar-refractivity contribution in [2.24, 2.45) is 0 Å². The zero-order valence-electron chi connectivity index (χ0n) is 11.2. The van der Waals surface area contributed by atoms with Gasteiger partial charge in [-0.05, 0) is 12.1 Å². The van der Waals surface area contributed by atoms with Gasteiger partial charge in [0.15, 0.2) is 0 Å². The molecular weight excluding hydrogens is 258 g/mol. The Morgan fingerprint density at radius 2 is 1.65 bits per heavy atom. The molecule has 20 heavy (non-hydrogen) atoms. The van der Waals surface area contributed by atoms with Crippen molar-refractivity contribution in [1.29, 1.82) is 0 Å². The summed E-state index contributed by atoms with van der Waals surface area (Å²) in [6.45, 7) is 0. The molecular formula is C15H15NO4. The number of nitrogens with one attached hydrogen (secondary N) is 1. The van der Waals surface area contributed by atoms with Gasteiger partial charge in [-0.1, -0.05) is 12.1 Å². The van der Waals surface area contributed by atoms with E-state index < -0.39 is 5.97 Å². The molecule has 0 bridgehead atoms. The van der Waals surface area contributed by atoms with E-state index in [2.05, 4.69) is 5.32 Å². The molecule has 5 nitrogen and oxygen atoms in total. The van der Waals surface area contributed by atoms with Crippen molar-refractivity contribution in [1.82, 2.24) is 0 Å². The molecule has 0 aliphatic carbocycles. The number of carbonyl (C=O) groups is 1. The Labute approximate surface area is 116 Å². The number of hydrogen-bond acceptors (Lipinski definition) is 4. The highest BCUT2D eigenvalue weighted by Gasteiger charge is 2.10.